The average molecular weight is 242 g/mol. The molecule has 0 bridgehead atoms. The zero-order valence-corrected chi connectivity index (χ0v) is 11.0. The normalized spacial score (nSPS) is 10.4. The fraction of sp³-hybridized carbons (Fsp3) is 0.267. The van der Waals surface area contributed by atoms with Crippen LogP contribution in [0, 0.1) is 13.8 Å². The van der Waals surface area contributed by atoms with Crippen molar-refractivity contribution in [1.29, 1.82) is 0 Å². The molecule has 0 fully saturated rings. The van der Waals surface area contributed by atoms with E-state index in [1.54, 1.807) is 12.4 Å². The largest absolute Gasteiger partial charge is 0.455 e. The van der Waals surface area contributed by atoms with Crippen LogP contribution in [0.5, 0.6) is 11.5 Å². The molecule has 3 heteroatoms. The minimum absolute atomic E-state index is 0.767. The summed E-state index contributed by atoms with van der Waals surface area (Å²) in [5.74, 6) is 1.65. The Hall–Kier alpha value is -1.87. The van der Waals surface area contributed by atoms with Gasteiger partial charge in [0, 0.05) is 18.3 Å². The molecule has 0 aliphatic rings. The van der Waals surface area contributed by atoms with Gasteiger partial charge in [0.1, 0.15) is 11.5 Å². The van der Waals surface area contributed by atoms with Gasteiger partial charge in [0.05, 0.1) is 6.20 Å². The van der Waals surface area contributed by atoms with Crippen LogP contribution in [0.15, 0.2) is 36.7 Å². The van der Waals surface area contributed by atoms with Gasteiger partial charge in [0.2, 0.25) is 0 Å². The lowest BCUT2D eigenvalue weighted by Crippen LogP contribution is -2.06. The second-order valence-electron chi connectivity index (χ2n) is 4.36. The van der Waals surface area contributed by atoms with Crippen molar-refractivity contribution < 1.29 is 4.74 Å². The number of hydrogen-bond donors (Lipinski definition) is 1. The van der Waals surface area contributed by atoms with E-state index in [9.17, 15) is 0 Å². The van der Waals surface area contributed by atoms with Crippen LogP contribution in [-0.2, 0) is 6.54 Å². The first kappa shape index (κ1) is 12.6. The number of nitrogens with zero attached hydrogens (tertiary/aromatic N) is 1. The van der Waals surface area contributed by atoms with Crippen LogP contribution in [0.4, 0.5) is 0 Å². The van der Waals surface area contributed by atoms with E-state index in [1.807, 2.05) is 25.2 Å². The first-order valence-corrected chi connectivity index (χ1v) is 6.03. The highest BCUT2D eigenvalue weighted by Gasteiger charge is 2.05. The minimum Gasteiger partial charge on any atom is -0.455 e. The van der Waals surface area contributed by atoms with Crippen LogP contribution in [0.2, 0.25) is 0 Å². The van der Waals surface area contributed by atoms with Crippen molar-refractivity contribution in [2.45, 2.75) is 20.4 Å². The molecule has 0 atom stereocenters. The molecule has 1 N–H and O–H groups in total. The van der Waals surface area contributed by atoms with E-state index in [4.69, 9.17) is 4.74 Å². The first-order valence-electron chi connectivity index (χ1n) is 6.03. The van der Waals surface area contributed by atoms with Crippen LogP contribution in [0.25, 0.3) is 0 Å². The first-order chi connectivity index (χ1) is 8.70. The van der Waals surface area contributed by atoms with Crippen molar-refractivity contribution in [2.75, 3.05) is 7.05 Å². The van der Waals surface area contributed by atoms with Crippen LogP contribution >= 0.6 is 0 Å². The Bertz CT molecular complexity index is 538. The fourth-order valence-corrected chi connectivity index (χ4v) is 1.74. The molecule has 2 rings (SSSR count). The molecule has 2 aromatic rings. The predicted molar refractivity (Wildman–Crippen MR) is 73.0 cm³/mol. The summed E-state index contributed by atoms with van der Waals surface area (Å²) < 4.78 is 5.90. The van der Waals surface area contributed by atoms with Gasteiger partial charge in [0.25, 0.3) is 0 Å². The molecule has 0 amide bonds. The summed E-state index contributed by atoms with van der Waals surface area (Å²) >= 11 is 0. The number of rotatable bonds is 4. The van der Waals surface area contributed by atoms with E-state index in [-0.39, 0.29) is 0 Å². The lowest BCUT2D eigenvalue weighted by molar-refractivity contribution is 0.471. The second kappa shape index (κ2) is 5.65. The maximum absolute atomic E-state index is 5.90. The monoisotopic (exact) mass is 242 g/mol. The second-order valence-corrected chi connectivity index (χ2v) is 4.36. The van der Waals surface area contributed by atoms with Crippen LogP contribution < -0.4 is 10.1 Å². The Balaban J connectivity index is 2.25. The molecule has 0 radical (unpaired) electrons. The van der Waals surface area contributed by atoms with Crippen LogP contribution in [0.3, 0.4) is 0 Å². The summed E-state index contributed by atoms with van der Waals surface area (Å²) in [5, 5.41) is 3.12. The van der Waals surface area contributed by atoms with Gasteiger partial charge in [-0.1, -0.05) is 6.07 Å². The van der Waals surface area contributed by atoms with E-state index >= 15 is 0 Å². The maximum Gasteiger partial charge on any atom is 0.150 e. The highest BCUT2D eigenvalue weighted by atomic mass is 16.5. The molecule has 1 heterocycles. The molecule has 1 aromatic carbocycles. The lowest BCUT2D eigenvalue weighted by atomic mass is 10.1. The van der Waals surface area contributed by atoms with Gasteiger partial charge < -0.3 is 10.1 Å². The molecular weight excluding hydrogens is 224 g/mol. The predicted octanol–water partition coefficient (Wildman–Crippen LogP) is 3.21. The number of pyridine rings is 1. The number of aryl methyl sites for hydroxylation is 2. The number of ether oxygens (including phenoxy) is 1. The number of nitrogens with one attached hydrogen (secondary N) is 1. The summed E-state index contributed by atoms with van der Waals surface area (Å²) in [4.78, 5) is 4.11. The average Bonchev–Trinajstić information content (AvgIpc) is 2.37. The minimum atomic E-state index is 0.767. The van der Waals surface area contributed by atoms with Crippen molar-refractivity contribution in [1.82, 2.24) is 10.3 Å². The highest BCUT2D eigenvalue weighted by molar-refractivity contribution is 5.39. The summed E-state index contributed by atoms with van der Waals surface area (Å²) in [6, 6.07) is 8.07. The van der Waals surface area contributed by atoms with E-state index in [0.29, 0.717) is 0 Å². The van der Waals surface area contributed by atoms with Gasteiger partial charge in [-0.25, -0.2) is 0 Å². The van der Waals surface area contributed by atoms with E-state index in [2.05, 4.69) is 30.2 Å². The third-order valence-corrected chi connectivity index (χ3v) is 2.94. The third kappa shape index (κ3) is 2.87. The molecule has 0 saturated heterocycles. The molecule has 0 aliphatic heterocycles. The molecule has 0 spiro atoms. The quantitative estimate of drug-likeness (QED) is 0.894. The molecule has 3 nitrogen and oxygen atoms in total. The molecular formula is C15H18N2O. The van der Waals surface area contributed by atoms with Crippen LogP contribution in [0.1, 0.15) is 16.7 Å². The Morgan fingerprint density at radius 3 is 2.72 bits per heavy atom. The SMILES string of the molecule is CNCc1ccncc1Oc1ccc(C)c(C)c1. The molecule has 94 valence electrons. The lowest BCUT2D eigenvalue weighted by Gasteiger charge is -2.11. The van der Waals surface area contributed by atoms with Gasteiger partial charge in [-0.05, 0) is 50.2 Å². The number of benzene rings is 1. The summed E-state index contributed by atoms with van der Waals surface area (Å²) in [6.45, 7) is 4.94. The topological polar surface area (TPSA) is 34.2 Å². The molecule has 18 heavy (non-hydrogen) atoms. The number of aromatic nitrogens is 1. The summed E-state index contributed by atoms with van der Waals surface area (Å²) in [5.41, 5.74) is 3.60. The summed E-state index contributed by atoms with van der Waals surface area (Å²) in [7, 11) is 1.92. The zero-order chi connectivity index (χ0) is 13.0. The molecule has 0 saturated carbocycles. The van der Waals surface area contributed by atoms with Crippen molar-refractivity contribution >= 4 is 0 Å². The summed E-state index contributed by atoms with van der Waals surface area (Å²) in [6.07, 6.45) is 3.53. The van der Waals surface area contributed by atoms with Gasteiger partial charge in [0.15, 0.2) is 0 Å². The Labute approximate surface area is 108 Å². The van der Waals surface area contributed by atoms with E-state index in [0.717, 1.165) is 23.6 Å². The molecule has 1 aromatic heterocycles. The van der Waals surface area contributed by atoms with Crippen LogP contribution in [-0.4, -0.2) is 12.0 Å². The van der Waals surface area contributed by atoms with Gasteiger partial charge in [-0.15, -0.1) is 0 Å². The number of hydrogen-bond acceptors (Lipinski definition) is 3. The van der Waals surface area contributed by atoms with Crippen molar-refractivity contribution in [3.63, 3.8) is 0 Å². The van der Waals surface area contributed by atoms with Crippen molar-refractivity contribution in [3.05, 3.63) is 53.3 Å². The molecule has 0 unspecified atom stereocenters. The van der Waals surface area contributed by atoms with Crippen molar-refractivity contribution in [2.24, 2.45) is 0 Å². The standard InChI is InChI=1S/C15H18N2O/c1-11-4-5-14(8-12(11)2)18-15-10-17-7-6-13(15)9-16-3/h4-8,10,16H,9H2,1-3H3. The van der Waals surface area contributed by atoms with E-state index < -0.39 is 0 Å². The third-order valence-electron chi connectivity index (χ3n) is 2.94. The molecule has 0 aliphatic carbocycles. The highest BCUT2D eigenvalue weighted by Crippen LogP contribution is 2.25. The Morgan fingerprint density at radius 1 is 1.17 bits per heavy atom. The van der Waals surface area contributed by atoms with Crippen molar-refractivity contribution in [3.8, 4) is 11.5 Å². The van der Waals surface area contributed by atoms with Gasteiger partial charge >= 0.3 is 0 Å². The van der Waals surface area contributed by atoms with Gasteiger partial charge in [-0.2, -0.15) is 0 Å². The zero-order valence-electron chi connectivity index (χ0n) is 11.0. The Morgan fingerprint density at radius 2 is 2.00 bits per heavy atom. The van der Waals surface area contributed by atoms with E-state index in [1.165, 1.54) is 11.1 Å². The Kier molecular flexibility index (Phi) is 3.95. The van der Waals surface area contributed by atoms with Gasteiger partial charge in [-0.3, -0.25) is 4.98 Å². The smallest absolute Gasteiger partial charge is 0.150 e. The maximum atomic E-state index is 5.90. The fourth-order valence-electron chi connectivity index (χ4n) is 1.74.